The summed E-state index contributed by atoms with van der Waals surface area (Å²) in [6.45, 7) is 9.18. The second kappa shape index (κ2) is 11.5. The lowest BCUT2D eigenvalue weighted by molar-refractivity contribution is -0.144. The van der Waals surface area contributed by atoms with Crippen LogP contribution in [0.2, 0.25) is 0 Å². The molecule has 210 valence electrons. The van der Waals surface area contributed by atoms with E-state index in [0.29, 0.717) is 46.3 Å². The van der Waals surface area contributed by atoms with E-state index >= 15 is 0 Å². The Bertz CT molecular complexity index is 1580. The van der Waals surface area contributed by atoms with Crippen LogP contribution in [-0.2, 0) is 19.7 Å². The topological polar surface area (TPSA) is 162 Å². The predicted molar refractivity (Wildman–Crippen MR) is 152 cm³/mol. The number of nitriles is 2. The molecule has 1 aliphatic heterocycles. The highest BCUT2D eigenvalue weighted by atomic mass is 16.6. The van der Waals surface area contributed by atoms with Gasteiger partial charge in [0.1, 0.15) is 24.8 Å². The molecule has 0 fully saturated rings. The number of benzene rings is 2. The predicted octanol–water partition coefficient (Wildman–Crippen LogP) is 4.69. The second-order valence-corrected chi connectivity index (χ2v) is 11.0. The van der Waals surface area contributed by atoms with E-state index in [9.17, 15) is 20.1 Å². The van der Waals surface area contributed by atoms with E-state index in [0.717, 1.165) is 11.1 Å². The van der Waals surface area contributed by atoms with Gasteiger partial charge in [-0.1, -0.05) is 13.0 Å². The number of nitrogens with zero attached hydrogens (tertiary/aromatic N) is 4. The van der Waals surface area contributed by atoms with Gasteiger partial charge in [-0.05, 0) is 69.2 Å². The standard InChI is InChI=1S/C30H31N7O4/c1-18-6-7-19(13-31)10-24(18)37-27-33-9-8-23(36-27)20-11-21(14-32)26-22(12-20)30(5,16-35-26)17-40-25(38)15-34-28(39)41-29(2,3)4/h6-12,35H,15-17H2,1-5H3,(H,34,39)(H,33,36,37)/t30-/m1/s1. The minimum atomic E-state index is -0.705. The van der Waals surface area contributed by atoms with E-state index in [4.69, 9.17) is 9.47 Å². The fourth-order valence-corrected chi connectivity index (χ4v) is 4.33. The molecule has 0 saturated heterocycles. The molecule has 0 aliphatic carbocycles. The van der Waals surface area contributed by atoms with Gasteiger partial charge in [-0.25, -0.2) is 14.8 Å². The lowest BCUT2D eigenvalue weighted by atomic mass is 9.83. The number of alkyl carbamates (subject to hydrolysis) is 1. The molecule has 41 heavy (non-hydrogen) atoms. The number of anilines is 3. The van der Waals surface area contributed by atoms with E-state index in [1.807, 2.05) is 26.0 Å². The summed E-state index contributed by atoms with van der Waals surface area (Å²) in [6, 6.07) is 15.1. The molecular weight excluding hydrogens is 522 g/mol. The molecule has 3 aromatic rings. The molecule has 4 rings (SSSR count). The van der Waals surface area contributed by atoms with Crippen molar-refractivity contribution < 1.29 is 19.1 Å². The van der Waals surface area contributed by atoms with Crippen molar-refractivity contribution in [1.82, 2.24) is 15.3 Å². The van der Waals surface area contributed by atoms with Crippen molar-refractivity contribution >= 4 is 29.4 Å². The molecule has 0 bridgehead atoms. The Morgan fingerprint density at radius 3 is 2.63 bits per heavy atom. The summed E-state index contributed by atoms with van der Waals surface area (Å²) in [4.78, 5) is 33.2. The lowest BCUT2D eigenvalue weighted by Gasteiger charge is -2.24. The maximum Gasteiger partial charge on any atom is 0.408 e. The average Bonchev–Trinajstić information content (AvgIpc) is 3.27. The van der Waals surface area contributed by atoms with Gasteiger partial charge in [-0.15, -0.1) is 0 Å². The van der Waals surface area contributed by atoms with E-state index in [-0.39, 0.29) is 13.2 Å². The summed E-state index contributed by atoms with van der Waals surface area (Å²) in [7, 11) is 0. The molecule has 0 spiro atoms. The van der Waals surface area contributed by atoms with Gasteiger partial charge in [0.2, 0.25) is 5.95 Å². The zero-order valence-electron chi connectivity index (χ0n) is 23.6. The Hall–Kier alpha value is -5.16. The summed E-state index contributed by atoms with van der Waals surface area (Å²) in [5, 5.41) is 28.0. The van der Waals surface area contributed by atoms with Gasteiger partial charge in [-0.3, -0.25) is 4.79 Å². The molecule has 1 aromatic heterocycles. The zero-order valence-corrected chi connectivity index (χ0v) is 23.6. The third-order valence-corrected chi connectivity index (χ3v) is 6.46. The average molecular weight is 554 g/mol. The number of amides is 1. The van der Waals surface area contributed by atoms with E-state index in [1.54, 1.807) is 51.2 Å². The van der Waals surface area contributed by atoms with Crippen LogP contribution < -0.4 is 16.0 Å². The first kappa shape index (κ1) is 28.8. The van der Waals surface area contributed by atoms with Gasteiger partial charge in [-0.2, -0.15) is 10.5 Å². The Morgan fingerprint density at radius 1 is 1.15 bits per heavy atom. The number of ether oxygens (including phenoxy) is 2. The van der Waals surface area contributed by atoms with Crippen LogP contribution in [0.25, 0.3) is 11.3 Å². The Balaban J connectivity index is 1.53. The van der Waals surface area contributed by atoms with Crippen LogP contribution in [-0.4, -0.2) is 47.3 Å². The molecule has 1 amide bonds. The fourth-order valence-electron chi connectivity index (χ4n) is 4.33. The molecule has 2 aromatic carbocycles. The van der Waals surface area contributed by atoms with Crippen molar-refractivity contribution in [2.24, 2.45) is 0 Å². The molecule has 11 nitrogen and oxygen atoms in total. The minimum absolute atomic E-state index is 0.0290. The fraction of sp³-hybridized carbons (Fsp3) is 0.333. The van der Waals surface area contributed by atoms with Crippen LogP contribution in [0.4, 0.5) is 22.1 Å². The summed E-state index contributed by atoms with van der Waals surface area (Å²) in [5.41, 5.74) is 4.05. The quantitative estimate of drug-likeness (QED) is 0.350. The van der Waals surface area contributed by atoms with E-state index < -0.39 is 23.1 Å². The lowest BCUT2D eigenvalue weighted by Crippen LogP contribution is -2.38. The second-order valence-electron chi connectivity index (χ2n) is 11.0. The number of rotatable bonds is 7. The van der Waals surface area contributed by atoms with Crippen LogP contribution in [0.1, 0.15) is 49.9 Å². The van der Waals surface area contributed by atoms with Crippen molar-refractivity contribution in [2.75, 3.05) is 30.3 Å². The molecule has 0 unspecified atom stereocenters. The highest BCUT2D eigenvalue weighted by Crippen LogP contribution is 2.41. The highest BCUT2D eigenvalue weighted by molar-refractivity contribution is 5.79. The number of carbonyl (C=O) groups excluding carboxylic acids is 2. The van der Waals surface area contributed by atoms with E-state index in [1.165, 1.54) is 0 Å². The third kappa shape index (κ3) is 6.89. The molecule has 11 heteroatoms. The van der Waals surface area contributed by atoms with Crippen LogP contribution >= 0.6 is 0 Å². The number of fused-ring (bicyclic) bond motifs is 1. The maximum atomic E-state index is 12.4. The summed E-state index contributed by atoms with van der Waals surface area (Å²) < 4.78 is 10.7. The van der Waals surface area contributed by atoms with Crippen LogP contribution in [0.15, 0.2) is 42.6 Å². The third-order valence-electron chi connectivity index (χ3n) is 6.46. The molecule has 1 atom stereocenters. The number of carbonyl (C=O) groups is 2. The van der Waals surface area contributed by atoms with Gasteiger partial charge < -0.3 is 25.4 Å². The molecule has 1 aliphatic rings. The first-order valence-corrected chi connectivity index (χ1v) is 13.0. The van der Waals surface area contributed by atoms with Crippen LogP contribution in [0.3, 0.4) is 0 Å². The minimum Gasteiger partial charge on any atom is -0.463 e. The van der Waals surface area contributed by atoms with Gasteiger partial charge in [0.25, 0.3) is 0 Å². The summed E-state index contributed by atoms with van der Waals surface area (Å²) in [6.07, 6.45) is 0.910. The normalized spacial score (nSPS) is 15.5. The summed E-state index contributed by atoms with van der Waals surface area (Å²) in [5.74, 6) is -0.267. The number of nitrogens with one attached hydrogen (secondary N) is 3. The Morgan fingerprint density at radius 2 is 1.93 bits per heavy atom. The Kier molecular flexibility index (Phi) is 8.11. The zero-order chi connectivity index (χ0) is 29.8. The number of aromatic nitrogens is 2. The molecule has 3 N–H and O–H groups in total. The maximum absolute atomic E-state index is 12.4. The highest BCUT2D eigenvalue weighted by Gasteiger charge is 2.38. The van der Waals surface area contributed by atoms with Gasteiger partial charge >= 0.3 is 12.1 Å². The molecule has 0 saturated carbocycles. The monoisotopic (exact) mass is 553 g/mol. The van der Waals surface area contributed by atoms with Crippen LogP contribution in [0.5, 0.6) is 0 Å². The number of hydrogen-bond acceptors (Lipinski definition) is 10. The smallest absolute Gasteiger partial charge is 0.408 e. The largest absolute Gasteiger partial charge is 0.463 e. The molecule has 0 radical (unpaired) electrons. The summed E-state index contributed by atoms with van der Waals surface area (Å²) >= 11 is 0. The molecular formula is C30H31N7O4. The van der Waals surface area contributed by atoms with E-state index in [2.05, 4.69) is 38.1 Å². The first-order chi connectivity index (χ1) is 19.4. The number of hydrogen-bond donors (Lipinski definition) is 3. The number of aryl methyl sites for hydroxylation is 1. The molecule has 2 heterocycles. The van der Waals surface area contributed by atoms with Crippen molar-refractivity contribution in [3.63, 3.8) is 0 Å². The van der Waals surface area contributed by atoms with Crippen molar-refractivity contribution in [2.45, 2.75) is 45.6 Å². The van der Waals surface area contributed by atoms with Crippen molar-refractivity contribution in [3.8, 4) is 23.4 Å². The van der Waals surface area contributed by atoms with Crippen LogP contribution in [0, 0.1) is 29.6 Å². The number of esters is 1. The van der Waals surface area contributed by atoms with Crippen molar-refractivity contribution in [3.05, 3.63) is 64.8 Å². The SMILES string of the molecule is Cc1ccc(C#N)cc1Nc1nccc(-c2cc(C#N)c3c(c2)[C@@](C)(COC(=O)CNC(=O)OC(C)(C)C)CN3)n1. The van der Waals surface area contributed by atoms with Crippen molar-refractivity contribution in [1.29, 1.82) is 10.5 Å². The Labute approximate surface area is 238 Å². The van der Waals surface area contributed by atoms with Gasteiger partial charge in [0, 0.05) is 29.4 Å². The first-order valence-electron chi connectivity index (χ1n) is 13.0. The van der Waals surface area contributed by atoms with Gasteiger partial charge in [0.15, 0.2) is 0 Å². The van der Waals surface area contributed by atoms with Gasteiger partial charge in [0.05, 0.1) is 28.6 Å².